The van der Waals surface area contributed by atoms with Crippen LogP contribution in [0, 0.1) is 0 Å². The molecule has 0 bridgehead atoms. The number of aliphatic hydroxyl groups excluding tert-OH is 1. The van der Waals surface area contributed by atoms with Gasteiger partial charge in [-0.05, 0) is 37.1 Å². The zero-order valence-corrected chi connectivity index (χ0v) is 11.4. The van der Waals surface area contributed by atoms with Gasteiger partial charge in [0.25, 0.3) is 11.7 Å². The second-order valence-electron chi connectivity index (χ2n) is 4.92. The van der Waals surface area contributed by atoms with E-state index in [2.05, 4.69) is 20.8 Å². The number of benzene rings is 1. The molecule has 7 heteroatoms. The van der Waals surface area contributed by atoms with E-state index in [0.717, 1.165) is 24.9 Å². The van der Waals surface area contributed by atoms with Gasteiger partial charge in [-0.2, -0.15) is 4.98 Å². The summed E-state index contributed by atoms with van der Waals surface area (Å²) in [6.07, 6.45) is 1.99. The highest BCUT2D eigenvalue weighted by Gasteiger charge is 2.24. The fourth-order valence-electron chi connectivity index (χ4n) is 2.30. The molecule has 7 nitrogen and oxygen atoms in total. The molecule has 2 aromatic rings. The molecule has 110 valence electrons. The number of amides is 1. The molecule has 1 aliphatic rings. The van der Waals surface area contributed by atoms with Crippen LogP contribution in [-0.4, -0.2) is 27.7 Å². The lowest BCUT2D eigenvalue weighted by Crippen LogP contribution is -2.15. The summed E-state index contributed by atoms with van der Waals surface area (Å²) >= 11 is 0. The zero-order valence-electron chi connectivity index (χ0n) is 11.4. The molecular weight excluding hydrogens is 272 g/mol. The van der Waals surface area contributed by atoms with Crippen LogP contribution in [0.15, 0.2) is 28.8 Å². The van der Waals surface area contributed by atoms with Crippen molar-refractivity contribution in [3.05, 3.63) is 41.5 Å². The van der Waals surface area contributed by atoms with Crippen LogP contribution in [0.1, 0.15) is 41.0 Å². The number of anilines is 1. The van der Waals surface area contributed by atoms with Crippen LogP contribution in [0.5, 0.6) is 0 Å². The summed E-state index contributed by atoms with van der Waals surface area (Å²) in [5, 5.41) is 18.7. The molecule has 0 aliphatic carbocycles. The molecule has 1 fully saturated rings. The lowest BCUT2D eigenvalue weighted by Gasteiger charge is -2.04. The normalized spacial score (nSPS) is 17.9. The van der Waals surface area contributed by atoms with E-state index < -0.39 is 5.91 Å². The highest BCUT2D eigenvalue weighted by atomic mass is 16.5. The van der Waals surface area contributed by atoms with E-state index >= 15 is 0 Å². The average molecular weight is 288 g/mol. The van der Waals surface area contributed by atoms with Gasteiger partial charge >= 0.3 is 0 Å². The van der Waals surface area contributed by atoms with Crippen molar-refractivity contribution in [2.45, 2.75) is 25.5 Å². The highest BCUT2D eigenvalue weighted by Crippen LogP contribution is 2.21. The number of hydrogen-bond donors (Lipinski definition) is 3. The number of nitrogens with one attached hydrogen (secondary N) is 2. The van der Waals surface area contributed by atoms with Crippen molar-refractivity contribution in [1.82, 2.24) is 15.5 Å². The van der Waals surface area contributed by atoms with E-state index in [1.165, 1.54) is 0 Å². The average Bonchev–Trinajstić information content (AvgIpc) is 3.18. The number of aromatic nitrogens is 2. The molecule has 1 unspecified atom stereocenters. The minimum atomic E-state index is -0.432. The Morgan fingerprint density at radius 1 is 1.52 bits per heavy atom. The standard InChI is InChI=1S/C14H16N4O3/c19-8-9-3-1-4-10(7-9)16-13(20)12-17-14(21-18-12)11-5-2-6-15-11/h1,3-4,7,11,15,19H,2,5-6,8H2,(H,16,20). The van der Waals surface area contributed by atoms with Crippen molar-refractivity contribution in [3.8, 4) is 0 Å². The lowest BCUT2D eigenvalue weighted by atomic mass is 10.2. The number of nitrogens with zero attached hydrogens (tertiary/aromatic N) is 2. The summed E-state index contributed by atoms with van der Waals surface area (Å²) in [7, 11) is 0. The predicted octanol–water partition coefficient (Wildman–Crippen LogP) is 1.24. The molecule has 0 radical (unpaired) electrons. The van der Waals surface area contributed by atoms with E-state index in [9.17, 15) is 4.79 Å². The van der Waals surface area contributed by atoms with Crippen molar-refractivity contribution < 1.29 is 14.4 Å². The van der Waals surface area contributed by atoms with E-state index in [-0.39, 0.29) is 18.5 Å². The van der Waals surface area contributed by atoms with Crippen LogP contribution < -0.4 is 10.6 Å². The van der Waals surface area contributed by atoms with Crippen LogP contribution in [0.25, 0.3) is 0 Å². The Bertz CT molecular complexity index is 635. The van der Waals surface area contributed by atoms with E-state index in [0.29, 0.717) is 11.6 Å². The van der Waals surface area contributed by atoms with Gasteiger partial charge in [0.15, 0.2) is 0 Å². The summed E-state index contributed by atoms with van der Waals surface area (Å²) in [5.41, 5.74) is 1.30. The third-order valence-corrected chi connectivity index (χ3v) is 3.37. The van der Waals surface area contributed by atoms with Crippen molar-refractivity contribution in [1.29, 1.82) is 0 Å². The van der Waals surface area contributed by atoms with Crippen molar-refractivity contribution in [3.63, 3.8) is 0 Å². The molecule has 2 heterocycles. The fourth-order valence-corrected chi connectivity index (χ4v) is 2.30. The topological polar surface area (TPSA) is 100 Å². The monoisotopic (exact) mass is 288 g/mol. The Hall–Kier alpha value is -2.25. The first-order chi connectivity index (χ1) is 10.3. The van der Waals surface area contributed by atoms with Crippen molar-refractivity contribution in [2.75, 3.05) is 11.9 Å². The van der Waals surface area contributed by atoms with Crippen LogP contribution in [-0.2, 0) is 6.61 Å². The number of hydrogen-bond acceptors (Lipinski definition) is 6. The Kier molecular flexibility index (Phi) is 3.94. The number of carbonyl (C=O) groups excluding carboxylic acids is 1. The summed E-state index contributed by atoms with van der Waals surface area (Å²) in [4.78, 5) is 16.2. The van der Waals surface area contributed by atoms with Gasteiger partial charge in [-0.15, -0.1) is 0 Å². The molecule has 0 spiro atoms. The third-order valence-electron chi connectivity index (χ3n) is 3.37. The Labute approximate surface area is 121 Å². The molecule has 21 heavy (non-hydrogen) atoms. The third kappa shape index (κ3) is 3.09. The molecule has 3 rings (SSSR count). The second-order valence-corrected chi connectivity index (χ2v) is 4.92. The molecule has 1 aliphatic heterocycles. The lowest BCUT2D eigenvalue weighted by molar-refractivity contribution is 0.101. The molecular formula is C14H16N4O3. The van der Waals surface area contributed by atoms with E-state index in [1.54, 1.807) is 24.3 Å². The predicted molar refractivity (Wildman–Crippen MR) is 74.6 cm³/mol. The van der Waals surface area contributed by atoms with Gasteiger partial charge in [0.1, 0.15) is 0 Å². The zero-order chi connectivity index (χ0) is 14.7. The Balaban J connectivity index is 1.70. The molecule has 1 saturated heterocycles. The van der Waals surface area contributed by atoms with Crippen LogP contribution in [0.2, 0.25) is 0 Å². The highest BCUT2D eigenvalue weighted by molar-refractivity contribution is 6.01. The number of aliphatic hydroxyl groups is 1. The smallest absolute Gasteiger partial charge is 0.297 e. The Morgan fingerprint density at radius 2 is 2.43 bits per heavy atom. The van der Waals surface area contributed by atoms with Gasteiger partial charge in [-0.3, -0.25) is 4.79 Å². The maximum absolute atomic E-state index is 12.1. The Morgan fingerprint density at radius 3 is 3.19 bits per heavy atom. The van der Waals surface area contributed by atoms with Crippen molar-refractivity contribution >= 4 is 11.6 Å². The summed E-state index contributed by atoms with van der Waals surface area (Å²) in [6.45, 7) is 0.839. The van der Waals surface area contributed by atoms with Gasteiger partial charge in [-0.25, -0.2) is 0 Å². The summed E-state index contributed by atoms with van der Waals surface area (Å²) in [5.74, 6) is 0.0212. The largest absolute Gasteiger partial charge is 0.392 e. The van der Waals surface area contributed by atoms with Gasteiger partial charge in [0.2, 0.25) is 5.89 Å². The first kappa shape index (κ1) is 13.7. The maximum atomic E-state index is 12.1. The molecule has 1 amide bonds. The molecule has 3 N–H and O–H groups in total. The van der Waals surface area contributed by atoms with Crippen LogP contribution in [0.3, 0.4) is 0 Å². The maximum Gasteiger partial charge on any atom is 0.297 e. The van der Waals surface area contributed by atoms with E-state index in [4.69, 9.17) is 9.63 Å². The van der Waals surface area contributed by atoms with Crippen LogP contribution >= 0.6 is 0 Å². The second kappa shape index (κ2) is 6.02. The SMILES string of the molecule is O=C(Nc1cccc(CO)c1)c1noc(C2CCCN2)n1. The van der Waals surface area contributed by atoms with E-state index in [1.807, 2.05) is 0 Å². The van der Waals surface area contributed by atoms with Gasteiger partial charge in [0.05, 0.1) is 12.6 Å². The number of carbonyl (C=O) groups is 1. The van der Waals surface area contributed by atoms with Gasteiger partial charge in [-0.1, -0.05) is 17.3 Å². The summed E-state index contributed by atoms with van der Waals surface area (Å²) < 4.78 is 5.13. The number of rotatable bonds is 4. The first-order valence-corrected chi connectivity index (χ1v) is 6.84. The molecule has 1 aromatic heterocycles. The summed E-state index contributed by atoms with van der Waals surface area (Å²) in [6, 6.07) is 6.99. The fraction of sp³-hybridized carbons (Fsp3) is 0.357. The van der Waals surface area contributed by atoms with Gasteiger partial charge in [0, 0.05) is 5.69 Å². The van der Waals surface area contributed by atoms with Gasteiger partial charge < -0.3 is 20.3 Å². The van der Waals surface area contributed by atoms with Crippen molar-refractivity contribution in [2.24, 2.45) is 0 Å². The minimum absolute atomic E-state index is 0.00750. The quantitative estimate of drug-likeness (QED) is 0.782. The minimum Gasteiger partial charge on any atom is -0.392 e. The molecule has 1 atom stereocenters. The van der Waals surface area contributed by atoms with Crippen LogP contribution in [0.4, 0.5) is 5.69 Å². The molecule has 0 saturated carbocycles. The first-order valence-electron chi connectivity index (χ1n) is 6.84. The molecule has 1 aromatic carbocycles.